The second-order valence-electron chi connectivity index (χ2n) is 4.54. The molecule has 0 spiro atoms. The lowest BCUT2D eigenvalue weighted by atomic mass is 10.1. The maximum Gasteiger partial charge on any atom is 0.0127 e. The van der Waals surface area contributed by atoms with Crippen molar-refractivity contribution in [1.82, 2.24) is 4.90 Å². The monoisotopic (exact) mass is 180 g/mol. The first-order valence-electron chi connectivity index (χ1n) is 6.04. The third kappa shape index (κ3) is 2.70. The topological polar surface area (TPSA) is 3.24 Å². The van der Waals surface area contributed by atoms with Crippen LogP contribution in [0.15, 0.2) is 0 Å². The zero-order valence-corrected chi connectivity index (χ0v) is 8.67. The van der Waals surface area contributed by atoms with Gasteiger partial charge in [-0.1, -0.05) is 25.7 Å². The molecule has 0 aromatic heterocycles. The van der Waals surface area contributed by atoms with E-state index in [0.29, 0.717) is 0 Å². The van der Waals surface area contributed by atoms with E-state index in [9.17, 15) is 0 Å². The summed E-state index contributed by atoms with van der Waals surface area (Å²) >= 11 is 0. The summed E-state index contributed by atoms with van der Waals surface area (Å²) in [5.74, 6) is 0. The van der Waals surface area contributed by atoms with Crippen LogP contribution in [-0.2, 0) is 0 Å². The van der Waals surface area contributed by atoms with Gasteiger partial charge in [-0.05, 0) is 45.2 Å². The van der Waals surface area contributed by atoms with E-state index in [0.717, 1.165) is 6.04 Å². The highest BCUT2D eigenvalue weighted by Gasteiger charge is 2.22. The van der Waals surface area contributed by atoms with E-state index in [1.54, 1.807) is 0 Å². The van der Waals surface area contributed by atoms with Crippen LogP contribution in [0.25, 0.3) is 0 Å². The number of hydrogen-bond acceptors (Lipinski definition) is 1. The van der Waals surface area contributed by atoms with Crippen molar-refractivity contribution >= 4 is 0 Å². The maximum absolute atomic E-state index is 2.73. The summed E-state index contributed by atoms with van der Waals surface area (Å²) in [5.41, 5.74) is 0. The SMILES string of the molecule is [CH]1CCCC1N1CCCCCCC1. The molecule has 0 N–H and O–H groups in total. The molecule has 0 bridgehead atoms. The third-order valence-corrected chi connectivity index (χ3v) is 3.50. The molecule has 2 fully saturated rings. The molecular weight excluding hydrogens is 158 g/mol. The Bertz CT molecular complexity index is 130. The van der Waals surface area contributed by atoms with E-state index in [2.05, 4.69) is 11.3 Å². The van der Waals surface area contributed by atoms with Crippen LogP contribution >= 0.6 is 0 Å². The summed E-state index contributed by atoms with van der Waals surface area (Å²) in [4.78, 5) is 2.73. The minimum absolute atomic E-state index is 0.845. The van der Waals surface area contributed by atoms with Gasteiger partial charge >= 0.3 is 0 Å². The second-order valence-corrected chi connectivity index (χ2v) is 4.54. The zero-order valence-electron chi connectivity index (χ0n) is 8.67. The minimum Gasteiger partial charge on any atom is -0.300 e. The van der Waals surface area contributed by atoms with Crippen LogP contribution in [0.3, 0.4) is 0 Å². The van der Waals surface area contributed by atoms with Gasteiger partial charge in [-0.2, -0.15) is 0 Å². The molecule has 0 aromatic carbocycles. The van der Waals surface area contributed by atoms with Crippen LogP contribution in [0.5, 0.6) is 0 Å². The van der Waals surface area contributed by atoms with Gasteiger partial charge in [0.05, 0.1) is 0 Å². The molecule has 0 amide bonds. The summed E-state index contributed by atoms with van der Waals surface area (Å²) in [6, 6.07) is 0.845. The first-order valence-corrected chi connectivity index (χ1v) is 6.04. The van der Waals surface area contributed by atoms with E-state index in [1.165, 1.54) is 64.5 Å². The maximum atomic E-state index is 2.73. The Labute approximate surface area is 82.5 Å². The molecule has 75 valence electrons. The van der Waals surface area contributed by atoms with Gasteiger partial charge in [0.1, 0.15) is 0 Å². The molecule has 2 aliphatic rings. The average molecular weight is 180 g/mol. The Morgan fingerprint density at radius 1 is 0.846 bits per heavy atom. The van der Waals surface area contributed by atoms with Crippen LogP contribution in [0, 0.1) is 6.42 Å². The molecule has 1 saturated heterocycles. The van der Waals surface area contributed by atoms with Crippen molar-refractivity contribution in [2.75, 3.05) is 13.1 Å². The molecule has 2 rings (SSSR count). The molecule has 1 aliphatic carbocycles. The van der Waals surface area contributed by atoms with E-state index in [-0.39, 0.29) is 0 Å². The highest BCUT2D eigenvalue weighted by atomic mass is 15.2. The Morgan fingerprint density at radius 3 is 2.15 bits per heavy atom. The fraction of sp³-hybridized carbons (Fsp3) is 0.917. The van der Waals surface area contributed by atoms with Gasteiger partial charge in [-0.25, -0.2) is 0 Å². The van der Waals surface area contributed by atoms with Crippen molar-refractivity contribution in [3.8, 4) is 0 Å². The summed E-state index contributed by atoms with van der Waals surface area (Å²) < 4.78 is 0. The highest BCUT2D eigenvalue weighted by Crippen LogP contribution is 2.24. The van der Waals surface area contributed by atoms with Gasteiger partial charge in [-0.15, -0.1) is 0 Å². The van der Waals surface area contributed by atoms with Crippen LogP contribution in [0.2, 0.25) is 0 Å². The summed E-state index contributed by atoms with van der Waals surface area (Å²) in [6.45, 7) is 2.72. The van der Waals surface area contributed by atoms with Crippen LogP contribution in [-0.4, -0.2) is 24.0 Å². The second kappa shape index (κ2) is 4.99. The first kappa shape index (κ1) is 9.51. The van der Waals surface area contributed by atoms with Crippen molar-refractivity contribution in [2.45, 2.75) is 57.4 Å². The van der Waals surface area contributed by atoms with Crippen molar-refractivity contribution < 1.29 is 0 Å². The van der Waals surface area contributed by atoms with E-state index < -0.39 is 0 Å². The van der Waals surface area contributed by atoms with E-state index >= 15 is 0 Å². The standard InChI is InChI=1S/C12H22N/c1-2-6-10-13(11-7-3-1)12-8-4-5-9-12/h8,12H,1-7,9-11H2. The molecule has 1 saturated carbocycles. The van der Waals surface area contributed by atoms with Crippen molar-refractivity contribution in [3.05, 3.63) is 6.42 Å². The molecule has 0 aromatic rings. The average Bonchev–Trinajstić information content (AvgIpc) is 2.55. The molecule has 1 atom stereocenters. The fourth-order valence-corrected chi connectivity index (χ4v) is 2.69. The lowest BCUT2D eigenvalue weighted by molar-refractivity contribution is 0.201. The van der Waals surface area contributed by atoms with E-state index in [1.807, 2.05) is 0 Å². The molecule has 1 heterocycles. The predicted molar refractivity (Wildman–Crippen MR) is 56.6 cm³/mol. The highest BCUT2D eigenvalue weighted by molar-refractivity contribution is 4.91. The van der Waals surface area contributed by atoms with E-state index in [4.69, 9.17) is 0 Å². The molecular formula is C12H22N. The summed E-state index contributed by atoms with van der Waals surface area (Å²) in [7, 11) is 0. The summed E-state index contributed by atoms with van der Waals surface area (Å²) in [5, 5.41) is 0. The Hall–Kier alpha value is -0.0400. The molecule has 1 unspecified atom stereocenters. The van der Waals surface area contributed by atoms with Crippen LogP contribution in [0.1, 0.15) is 51.4 Å². The van der Waals surface area contributed by atoms with Gasteiger partial charge in [0, 0.05) is 6.04 Å². The van der Waals surface area contributed by atoms with Crippen LogP contribution < -0.4 is 0 Å². The smallest absolute Gasteiger partial charge is 0.0127 e. The third-order valence-electron chi connectivity index (χ3n) is 3.50. The molecule has 1 radical (unpaired) electrons. The van der Waals surface area contributed by atoms with Gasteiger partial charge in [0.2, 0.25) is 0 Å². The lowest BCUT2D eigenvalue weighted by Crippen LogP contribution is -2.35. The zero-order chi connectivity index (χ0) is 8.93. The lowest BCUT2D eigenvalue weighted by Gasteiger charge is -2.30. The van der Waals surface area contributed by atoms with Gasteiger partial charge in [0.25, 0.3) is 0 Å². The molecule has 13 heavy (non-hydrogen) atoms. The first-order chi connectivity index (χ1) is 6.47. The number of hydrogen-bond donors (Lipinski definition) is 0. The number of rotatable bonds is 1. The van der Waals surface area contributed by atoms with Gasteiger partial charge < -0.3 is 4.90 Å². The quantitative estimate of drug-likeness (QED) is 0.599. The summed E-state index contributed by atoms with van der Waals surface area (Å²) in [6.07, 6.45) is 14.0. The number of nitrogens with zero attached hydrogens (tertiary/aromatic N) is 1. The Balaban J connectivity index is 1.80. The fourth-order valence-electron chi connectivity index (χ4n) is 2.69. The Morgan fingerprint density at radius 2 is 1.54 bits per heavy atom. The van der Waals surface area contributed by atoms with Gasteiger partial charge in [0.15, 0.2) is 0 Å². The molecule has 1 heteroatoms. The van der Waals surface area contributed by atoms with Gasteiger partial charge in [-0.3, -0.25) is 0 Å². The van der Waals surface area contributed by atoms with Crippen molar-refractivity contribution in [2.24, 2.45) is 0 Å². The minimum atomic E-state index is 0.845. The van der Waals surface area contributed by atoms with Crippen molar-refractivity contribution in [1.29, 1.82) is 0 Å². The molecule has 1 aliphatic heterocycles. The van der Waals surface area contributed by atoms with Crippen LogP contribution in [0.4, 0.5) is 0 Å². The molecule has 1 nitrogen and oxygen atoms in total. The predicted octanol–water partition coefficient (Wildman–Crippen LogP) is 3.01. The normalized spacial score (nSPS) is 28.6. The number of likely N-dealkylation sites (tertiary alicyclic amines) is 1. The van der Waals surface area contributed by atoms with Crippen molar-refractivity contribution in [3.63, 3.8) is 0 Å². The Kier molecular flexibility index (Phi) is 3.65. The largest absolute Gasteiger partial charge is 0.300 e.